The van der Waals surface area contributed by atoms with Crippen molar-refractivity contribution in [1.29, 1.82) is 0 Å². The molecule has 6 atom stereocenters. The minimum atomic E-state index is -1.13. The lowest BCUT2D eigenvalue weighted by Crippen LogP contribution is -2.48. The highest BCUT2D eigenvalue weighted by molar-refractivity contribution is 6.24. The van der Waals surface area contributed by atoms with Gasteiger partial charge in [-0.3, -0.25) is 24.1 Å². The molecule has 1 aromatic heterocycles. The molecule has 4 amide bonds. The van der Waals surface area contributed by atoms with Crippen molar-refractivity contribution in [2.24, 2.45) is 29.1 Å². The summed E-state index contributed by atoms with van der Waals surface area (Å²) < 4.78 is 5.96. The predicted molar refractivity (Wildman–Crippen MR) is 123 cm³/mol. The van der Waals surface area contributed by atoms with Crippen LogP contribution in [0, 0.1) is 29.1 Å². The lowest BCUT2D eigenvalue weighted by molar-refractivity contribution is -0.139. The second kappa shape index (κ2) is 7.49. The van der Waals surface area contributed by atoms with Crippen molar-refractivity contribution in [1.82, 2.24) is 4.90 Å². The number of hydrogen-bond acceptors (Lipinski definition) is 6. The van der Waals surface area contributed by atoms with E-state index in [0.29, 0.717) is 30.0 Å². The summed E-state index contributed by atoms with van der Waals surface area (Å²) in [6.45, 7) is 1.52. The Kier molecular flexibility index (Phi) is 4.70. The van der Waals surface area contributed by atoms with Gasteiger partial charge in [0.05, 0.1) is 34.8 Å². The van der Waals surface area contributed by atoms with Crippen LogP contribution in [0.15, 0.2) is 58.5 Å². The molecule has 1 aromatic carbocycles. The van der Waals surface area contributed by atoms with E-state index < -0.39 is 29.1 Å². The van der Waals surface area contributed by atoms with E-state index in [0.717, 1.165) is 5.57 Å². The van der Waals surface area contributed by atoms with E-state index >= 15 is 0 Å². The molecule has 2 aromatic rings. The van der Waals surface area contributed by atoms with Gasteiger partial charge in [0.1, 0.15) is 18.1 Å². The van der Waals surface area contributed by atoms with Crippen molar-refractivity contribution >= 4 is 29.3 Å². The SMILES string of the molecule is CN1C(=O)C2CC=C3C(CC4C(=O)N(c5ccccc5)C(=O)C4(C)C3c3ccc(CO)o3)C2C1=O. The Labute approximate surface area is 202 Å². The van der Waals surface area contributed by atoms with Crippen molar-refractivity contribution in [2.45, 2.75) is 32.3 Å². The highest BCUT2D eigenvalue weighted by Crippen LogP contribution is 2.63. The van der Waals surface area contributed by atoms with Crippen LogP contribution in [0.3, 0.4) is 0 Å². The Hall–Kier alpha value is -3.52. The van der Waals surface area contributed by atoms with E-state index in [1.54, 1.807) is 36.4 Å². The van der Waals surface area contributed by atoms with E-state index in [4.69, 9.17) is 4.42 Å². The minimum absolute atomic E-state index is 0.194. The first kappa shape index (κ1) is 22.0. The maximum absolute atomic E-state index is 14.1. The maximum Gasteiger partial charge on any atom is 0.241 e. The van der Waals surface area contributed by atoms with E-state index in [1.165, 1.54) is 16.8 Å². The molecule has 8 heteroatoms. The molecule has 1 N–H and O–H groups in total. The Morgan fingerprint density at radius 1 is 1.00 bits per heavy atom. The summed E-state index contributed by atoms with van der Waals surface area (Å²) in [6, 6.07) is 12.3. The number of imide groups is 2. The van der Waals surface area contributed by atoms with Gasteiger partial charge in [-0.05, 0) is 49.9 Å². The Morgan fingerprint density at radius 2 is 1.74 bits per heavy atom. The molecule has 8 nitrogen and oxygen atoms in total. The van der Waals surface area contributed by atoms with Gasteiger partial charge in [0.15, 0.2) is 0 Å². The number of amides is 4. The fourth-order valence-corrected chi connectivity index (χ4v) is 6.93. The lowest BCUT2D eigenvalue weighted by atomic mass is 9.52. The molecular weight excluding hydrogens is 448 g/mol. The van der Waals surface area contributed by atoms with E-state index in [-0.39, 0.29) is 36.2 Å². The van der Waals surface area contributed by atoms with Crippen molar-refractivity contribution in [2.75, 3.05) is 11.9 Å². The quantitative estimate of drug-likeness (QED) is 0.541. The molecular formula is C27H26N2O6. The molecule has 3 fully saturated rings. The molecule has 2 aliphatic carbocycles. The van der Waals surface area contributed by atoms with Crippen molar-refractivity contribution in [3.05, 3.63) is 65.6 Å². The summed E-state index contributed by atoms with van der Waals surface area (Å²) >= 11 is 0. The van der Waals surface area contributed by atoms with Gasteiger partial charge in [0, 0.05) is 7.05 Å². The zero-order valence-corrected chi connectivity index (χ0v) is 19.5. The zero-order valence-electron chi connectivity index (χ0n) is 19.5. The van der Waals surface area contributed by atoms with E-state index in [9.17, 15) is 24.3 Å². The Bertz CT molecular complexity index is 1300. The number of rotatable bonds is 3. The standard InChI is InChI=1S/C27H26N2O6/c1-27-19(24(32)29(26(27)34)14-6-4-3-5-7-14)12-18-16(22(27)20-11-8-15(13-30)35-20)9-10-17-21(18)25(33)28(2)23(17)31/h3-9,11,17-19,21-22,30H,10,12-13H2,1-2H3. The van der Waals surface area contributed by atoms with Gasteiger partial charge in [-0.25, -0.2) is 4.90 Å². The van der Waals surface area contributed by atoms with E-state index in [2.05, 4.69) is 0 Å². The van der Waals surface area contributed by atoms with Gasteiger partial charge in [0.25, 0.3) is 0 Å². The summed E-state index contributed by atoms with van der Waals surface area (Å²) in [5, 5.41) is 9.61. The van der Waals surface area contributed by atoms with Crippen LogP contribution in [0.5, 0.6) is 0 Å². The summed E-state index contributed by atoms with van der Waals surface area (Å²) in [5.41, 5.74) is 0.245. The number of likely N-dealkylation sites (tertiary alicyclic amines) is 1. The van der Waals surface area contributed by atoms with Gasteiger partial charge in [-0.1, -0.05) is 29.8 Å². The van der Waals surface area contributed by atoms with Gasteiger partial charge in [0.2, 0.25) is 23.6 Å². The van der Waals surface area contributed by atoms with E-state index in [1.807, 2.05) is 19.1 Å². The largest absolute Gasteiger partial charge is 0.463 e. The molecule has 2 aliphatic heterocycles. The number of carbonyl (C=O) groups excluding carboxylic acids is 4. The average molecular weight is 475 g/mol. The van der Waals surface area contributed by atoms with Crippen molar-refractivity contribution < 1.29 is 28.7 Å². The van der Waals surface area contributed by atoms with Crippen LogP contribution in [0.1, 0.15) is 37.2 Å². The molecule has 6 unspecified atom stereocenters. The Morgan fingerprint density at radius 3 is 2.43 bits per heavy atom. The van der Waals surface area contributed by atoms with Gasteiger partial charge in [-0.15, -0.1) is 0 Å². The van der Waals surface area contributed by atoms with Crippen LogP contribution in [0.4, 0.5) is 5.69 Å². The molecule has 1 saturated carbocycles. The summed E-state index contributed by atoms with van der Waals surface area (Å²) in [6.07, 6.45) is 2.70. The third-order valence-corrected chi connectivity index (χ3v) is 8.63. The van der Waals surface area contributed by atoms with Crippen LogP contribution in [-0.2, 0) is 25.8 Å². The monoisotopic (exact) mass is 474 g/mol. The highest BCUT2D eigenvalue weighted by Gasteiger charge is 2.68. The van der Waals surface area contributed by atoms with Crippen LogP contribution >= 0.6 is 0 Å². The molecule has 0 radical (unpaired) electrons. The normalized spacial score (nSPS) is 34.1. The molecule has 180 valence electrons. The molecule has 6 rings (SSSR count). The fourth-order valence-electron chi connectivity index (χ4n) is 6.93. The molecule has 35 heavy (non-hydrogen) atoms. The molecule has 0 spiro atoms. The number of furan rings is 1. The molecule has 2 saturated heterocycles. The maximum atomic E-state index is 14.1. The summed E-state index contributed by atoms with van der Waals surface area (Å²) in [5.74, 6) is -2.82. The first-order chi connectivity index (χ1) is 16.8. The van der Waals surface area contributed by atoms with Crippen LogP contribution in [0.2, 0.25) is 0 Å². The molecule has 4 aliphatic rings. The van der Waals surface area contributed by atoms with Crippen LogP contribution in [-0.4, -0.2) is 40.7 Å². The third-order valence-electron chi connectivity index (χ3n) is 8.63. The second-order valence-corrected chi connectivity index (χ2v) is 10.2. The molecule has 0 bridgehead atoms. The number of allylic oxidation sites excluding steroid dienone is 2. The van der Waals surface area contributed by atoms with Gasteiger partial charge >= 0.3 is 0 Å². The number of carbonyl (C=O) groups is 4. The Balaban J connectivity index is 1.53. The van der Waals surface area contributed by atoms with Crippen LogP contribution < -0.4 is 4.90 Å². The van der Waals surface area contributed by atoms with Crippen LogP contribution in [0.25, 0.3) is 0 Å². The third kappa shape index (κ3) is 2.77. The number of aliphatic hydroxyl groups excluding tert-OH is 1. The van der Waals surface area contributed by atoms with Gasteiger partial charge in [-0.2, -0.15) is 0 Å². The van der Waals surface area contributed by atoms with Gasteiger partial charge < -0.3 is 9.52 Å². The molecule has 3 heterocycles. The topological polar surface area (TPSA) is 108 Å². The fraction of sp³-hybridized carbons (Fsp3) is 0.407. The number of aliphatic hydroxyl groups is 1. The predicted octanol–water partition coefficient (Wildman–Crippen LogP) is 2.63. The first-order valence-electron chi connectivity index (χ1n) is 11.9. The number of anilines is 1. The summed E-state index contributed by atoms with van der Waals surface area (Å²) in [7, 11) is 1.51. The number of benzene rings is 1. The average Bonchev–Trinajstić information content (AvgIpc) is 3.48. The number of hydrogen-bond donors (Lipinski definition) is 1. The highest BCUT2D eigenvalue weighted by atomic mass is 16.4. The number of fused-ring (bicyclic) bond motifs is 4. The van der Waals surface area contributed by atoms with Crippen molar-refractivity contribution in [3.63, 3.8) is 0 Å². The minimum Gasteiger partial charge on any atom is -0.463 e. The second-order valence-electron chi connectivity index (χ2n) is 10.2. The smallest absolute Gasteiger partial charge is 0.241 e. The number of para-hydroxylation sites is 1. The zero-order chi connectivity index (χ0) is 24.6. The lowest BCUT2D eigenvalue weighted by Gasteiger charge is -2.48. The van der Waals surface area contributed by atoms with Crippen molar-refractivity contribution in [3.8, 4) is 0 Å². The summed E-state index contributed by atoms with van der Waals surface area (Å²) in [4.78, 5) is 56.3. The number of nitrogens with zero attached hydrogens (tertiary/aromatic N) is 2. The first-order valence-corrected chi connectivity index (χ1v) is 11.9.